The smallest absolute Gasteiger partial charge is 0.113 e. The Morgan fingerprint density at radius 3 is 2.38 bits per heavy atom. The van der Waals surface area contributed by atoms with Crippen LogP contribution in [-0.2, 0) is 5.41 Å². The lowest BCUT2D eigenvalue weighted by Gasteiger charge is -2.41. The van der Waals surface area contributed by atoms with E-state index in [0.717, 1.165) is 18.3 Å². The van der Waals surface area contributed by atoms with Gasteiger partial charge in [-0.25, -0.2) is 0 Å². The van der Waals surface area contributed by atoms with E-state index >= 15 is 0 Å². The zero-order valence-electron chi connectivity index (χ0n) is 19.3. The number of hydrogen-bond donors (Lipinski definition) is 0. The van der Waals surface area contributed by atoms with Gasteiger partial charge in [0.25, 0.3) is 0 Å². The molecule has 0 spiro atoms. The van der Waals surface area contributed by atoms with Crippen LogP contribution in [0.1, 0.15) is 36.5 Å². The van der Waals surface area contributed by atoms with Crippen molar-refractivity contribution in [1.82, 2.24) is 4.57 Å². The molecule has 0 amide bonds. The molecular formula is C32H24BN. The van der Waals surface area contributed by atoms with Gasteiger partial charge in [-0.15, -0.1) is 0 Å². The van der Waals surface area contributed by atoms with E-state index in [-0.39, 0.29) is 5.41 Å². The van der Waals surface area contributed by atoms with Crippen molar-refractivity contribution in [3.63, 3.8) is 0 Å². The van der Waals surface area contributed by atoms with E-state index in [4.69, 9.17) is 7.85 Å². The zero-order chi connectivity index (χ0) is 22.9. The summed E-state index contributed by atoms with van der Waals surface area (Å²) in [5.74, 6) is 0. The van der Waals surface area contributed by atoms with Crippen molar-refractivity contribution < 1.29 is 0 Å². The molecule has 2 heteroatoms. The number of allylic oxidation sites excluding steroid dienone is 4. The largest absolute Gasteiger partial charge is 0.309 e. The summed E-state index contributed by atoms with van der Waals surface area (Å²) >= 11 is 0. The minimum Gasteiger partial charge on any atom is -0.309 e. The van der Waals surface area contributed by atoms with Crippen LogP contribution in [0.15, 0.2) is 109 Å². The molecule has 1 aliphatic heterocycles. The number of hydrogen-bond acceptors (Lipinski definition) is 0. The van der Waals surface area contributed by atoms with E-state index in [1.54, 1.807) is 0 Å². The topological polar surface area (TPSA) is 4.93 Å². The third kappa shape index (κ3) is 2.51. The maximum atomic E-state index is 6.03. The first-order valence-corrected chi connectivity index (χ1v) is 12.1. The molecule has 0 saturated heterocycles. The Morgan fingerprint density at radius 2 is 1.50 bits per heavy atom. The highest BCUT2D eigenvalue weighted by Gasteiger charge is 2.42. The molecule has 1 atom stereocenters. The quantitative estimate of drug-likeness (QED) is 0.264. The first kappa shape index (κ1) is 19.7. The van der Waals surface area contributed by atoms with Gasteiger partial charge in [0.2, 0.25) is 0 Å². The van der Waals surface area contributed by atoms with Crippen molar-refractivity contribution in [2.24, 2.45) is 0 Å². The van der Waals surface area contributed by atoms with Crippen LogP contribution in [0.25, 0.3) is 33.1 Å². The Labute approximate surface area is 201 Å². The van der Waals surface area contributed by atoms with Gasteiger partial charge in [0, 0.05) is 16.2 Å². The Kier molecular flexibility index (Phi) is 4.11. The number of para-hydroxylation sites is 3. The van der Waals surface area contributed by atoms with Gasteiger partial charge in [-0.05, 0) is 59.7 Å². The van der Waals surface area contributed by atoms with Gasteiger partial charge in [-0.1, -0.05) is 96.5 Å². The number of benzene rings is 4. The minimum atomic E-state index is -0.234. The Balaban J connectivity index is 1.64. The fourth-order valence-corrected chi connectivity index (χ4v) is 6.35. The van der Waals surface area contributed by atoms with Crippen LogP contribution in [-0.4, -0.2) is 12.4 Å². The third-order valence-corrected chi connectivity index (χ3v) is 7.91. The fraction of sp³-hybridized carbons (Fsp3) is 0.125. The lowest BCUT2D eigenvalue weighted by molar-refractivity contribution is 0.628. The molecule has 1 nitrogen and oxygen atoms in total. The summed E-state index contributed by atoms with van der Waals surface area (Å²) < 4.78 is 2.49. The summed E-state index contributed by atoms with van der Waals surface area (Å²) in [5, 5.41) is 2.64. The van der Waals surface area contributed by atoms with Crippen LogP contribution in [0.3, 0.4) is 0 Å². The van der Waals surface area contributed by atoms with E-state index in [9.17, 15) is 0 Å². The summed E-state index contributed by atoms with van der Waals surface area (Å²) in [5.41, 5.74) is 11.3. The van der Waals surface area contributed by atoms with Crippen molar-refractivity contribution in [3.05, 3.63) is 125 Å². The van der Waals surface area contributed by atoms with Crippen molar-refractivity contribution >= 4 is 40.7 Å². The Hall–Kier alpha value is -3.78. The van der Waals surface area contributed by atoms with Crippen molar-refractivity contribution in [2.75, 3.05) is 0 Å². The second kappa shape index (κ2) is 7.11. The third-order valence-electron chi connectivity index (χ3n) is 7.91. The lowest BCUT2D eigenvalue weighted by Crippen LogP contribution is -2.33. The minimum absolute atomic E-state index is 0.234. The summed E-state index contributed by atoms with van der Waals surface area (Å²) in [6, 6.07) is 33.0. The molecule has 2 heterocycles. The molecule has 0 saturated carbocycles. The lowest BCUT2D eigenvalue weighted by atomic mass is 9.64. The van der Waals surface area contributed by atoms with Gasteiger partial charge in [0.1, 0.15) is 7.85 Å². The van der Waals surface area contributed by atoms with Crippen molar-refractivity contribution in [1.29, 1.82) is 0 Å². The molecule has 2 radical (unpaired) electrons. The van der Waals surface area contributed by atoms with E-state index in [0.29, 0.717) is 0 Å². The van der Waals surface area contributed by atoms with E-state index in [2.05, 4.69) is 103 Å². The highest BCUT2D eigenvalue weighted by Crippen LogP contribution is 2.53. The standard InChI is InChI=1S/C32H24BN/c1-32(26-12-4-2-9-23(26)21-17-19-22(33)20-18-21)27-13-5-7-16-30(27)34-29-15-6-3-10-24(29)25-11-8-14-28(32)31(25)34/h2-3,5-11,13-20H,4,12H2,1H3. The Morgan fingerprint density at radius 1 is 0.765 bits per heavy atom. The molecule has 0 N–H and O–H groups in total. The highest BCUT2D eigenvalue weighted by molar-refractivity contribution is 6.32. The van der Waals surface area contributed by atoms with Crippen LogP contribution >= 0.6 is 0 Å². The van der Waals surface area contributed by atoms with Gasteiger partial charge in [0.15, 0.2) is 0 Å². The van der Waals surface area contributed by atoms with Crippen LogP contribution in [0, 0.1) is 0 Å². The molecule has 0 bridgehead atoms. The molecular weight excluding hydrogens is 409 g/mol. The van der Waals surface area contributed by atoms with Gasteiger partial charge in [-0.3, -0.25) is 0 Å². The van der Waals surface area contributed by atoms with Crippen molar-refractivity contribution in [3.8, 4) is 5.69 Å². The monoisotopic (exact) mass is 433 g/mol. The second-order valence-corrected chi connectivity index (χ2v) is 9.65. The normalized spacial score (nSPS) is 19.1. The summed E-state index contributed by atoms with van der Waals surface area (Å²) in [6.07, 6.45) is 6.73. The maximum Gasteiger partial charge on any atom is 0.113 e. The SMILES string of the molecule is [B]c1ccc(C2=C(C3(C)c4ccccc4-n4c5ccccc5c5cccc3c54)CCC=C2)cc1. The predicted molar refractivity (Wildman–Crippen MR) is 144 cm³/mol. The highest BCUT2D eigenvalue weighted by atomic mass is 15.0. The molecule has 1 aliphatic carbocycles. The first-order valence-electron chi connectivity index (χ1n) is 12.1. The maximum absolute atomic E-state index is 6.03. The molecule has 1 unspecified atom stereocenters. The summed E-state index contributed by atoms with van der Waals surface area (Å²) in [7, 11) is 6.03. The van der Waals surface area contributed by atoms with Crippen molar-refractivity contribution in [2.45, 2.75) is 25.2 Å². The molecule has 7 rings (SSSR count). The molecule has 34 heavy (non-hydrogen) atoms. The molecule has 0 fully saturated rings. The summed E-state index contributed by atoms with van der Waals surface area (Å²) in [4.78, 5) is 0. The average Bonchev–Trinajstić information content (AvgIpc) is 3.23. The molecule has 2 aliphatic rings. The average molecular weight is 433 g/mol. The number of nitrogens with zero attached hydrogens (tertiary/aromatic N) is 1. The van der Waals surface area contributed by atoms with Crippen LogP contribution in [0.2, 0.25) is 0 Å². The van der Waals surface area contributed by atoms with Crippen LogP contribution in [0.4, 0.5) is 0 Å². The summed E-state index contributed by atoms with van der Waals surface area (Å²) in [6.45, 7) is 2.44. The van der Waals surface area contributed by atoms with Gasteiger partial charge in [0.05, 0.1) is 16.7 Å². The van der Waals surface area contributed by atoms with E-state index in [1.165, 1.54) is 55.3 Å². The van der Waals surface area contributed by atoms with Gasteiger partial charge < -0.3 is 4.57 Å². The van der Waals surface area contributed by atoms with Crippen LogP contribution < -0.4 is 5.46 Å². The fourth-order valence-electron chi connectivity index (χ4n) is 6.35. The first-order chi connectivity index (χ1) is 16.7. The Bertz CT molecular complexity index is 1670. The van der Waals surface area contributed by atoms with E-state index < -0.39 is 0 Å². The number of aromatic nitrogens is 1. The number of rotatable bonds is 2. The second-order valence-electron chi connectivity index (χ2n) is 9.65. The molecule has 160 valence electrons. The van der Waals surface area contributed by atoms with Crippen LogP contribution in [0.5, 0.6) is 0 Å². The van der Waals surface area contributed by atoms with E-state index in [1.807, 2.05) is 12.1 Å². The van der Waals surface area contributed by atoms with Gasteiger partial charge in [-0.2, -0.15) is 0 Å². The number of fused-ring (bicyclic) bond motifs is 5. The molecule has 1 aromatic heterocycles. The molecule has 4 aromatic carbocycles. The predicted octanol–water partition coefficient (Wildman–Crippen LogP) is 7.00. The zero-order valence-corrected chi connectivity index (χ0v) is 19.3. The van der Waals surface area contributed by atoms with Gasteiger partial charge >= 0.3 is 0 Å². The molecule has 5 aromatic rings.